The third kappa shape index (κ3) is 2.99. The van der Waals surface area contributed by atoms with Crippen LogP contribution in [0.2, 0.25) is 5.28 Å². The molecule has 0 bridgehead atoms. The molecule has 0 aliphatic heterocycles. The molecule has 15 heavy (non-hydrogen) atoms. The summed E-state index contributed by atoms with van der Waals surface area (Å²) in [5.41, 5.74) is -0.998. The second-order valence-electron chi connectivity index (χ2n) is 2.46. The summed E-state index contributed by atoms with van der Waals surface area (Å²) in [6.07, 6.45) is 0.969. The molecule has 0 aliphatic rings. The van der Waals surface area contributed by atoms with Crippen molar-refractivity contribution in [3.8, 4) is 12.3 Å². The zero-order valence-corrected chi connectivity index (χ0v) is 8.02. The van der Waals surface area contributed by atoms with Crippen molar-refractivity contribution in [3.05, 3.63) is 17.0 Å². The molecule has 1 aromatic rings. The van der Waals surface area contributed by atoms with E-state index < -0.39 is 17.6 Å². The molecule has 0 atom stereocenters. The van der Waals surface area contributed by atoms with Gasteiger partial charge < -0.3 is 5.32 Å². The van der Waals surface area contributed by atoms with Crippen molar-refractivity contribution in [2.24, 2.45) is 0 Å². The Balaban J connectivity index is 3.10. The van der Waals surface area contributed by atoms with Crippen LogP contribution in [0.4, 0.5) is 19.0 Å². The number of nitrogens with one attached hydrogen (secondary N) is 1. The number of aromatic nitrogens is 2. The van der Waals surface area contributed by atoms with Crippen LogP contribution in [0.5, 0.6) is 0 Å². The molecule has 1 N–H and O–H groups in total. The monoisotopic (exact) mass is 235 g/mol. The van der Waals surface area contributed by atoms with Gasteiger partial charge in [0.25, 0.3) is 0 Å². The molecule has 80 valence electrons. The first kappa shape index (κ1) is 11.6. The first-order valence-corrected chi connectivity index (χ1v) is 4.10. The SMILES string of the molecule is C#CCNc1nc(Cl)ncc1C(F)(F)F. The number of hydrogen-bond acceptors (Lipinski definition) is 3. The molecule has 0 fully saturated rings. The van der Waals surface area contributed by atoms with Crippen molar-refractivity contribution in [2.45, 2.75) is 6.18 Å². The Bertz CT molecular complexity index is 397. The van der Waals surface area contributed by atoms with Crippen LogP contribution >= 0.6 is 11.6 Å². The van der Waals surface area contributed by atoms with Crippen LogP contribution in [0.1, 0.15) is 5.56 Å². The first-order valence-electron chi connectivity index (χ1n) is 3.72. The zero-order valence-electron chi connectivity index (χ0n) is 7.27. The highest BCUT2D eigenvalue weighted by molar-refractivity contribution is 6.28. The minimum atomic E-state index is -4.54. The lowest BCUT2D eigenvalue weighted by Gasteiger charge is -2.11. The van der Waals surface area contributed by atoms with E-state index in [1.165, 1.54) is 0 Å². The van der Waals surface area contributed by atoms with E-state index in [1.807, 2.05) is 0 Å². The summed E-state index contributed by atoms with van der Waals surface area (Å²) in [6.45, 7) is -0.0730. The van der Waals surface area contributed by atoms with Gasteiger partial charge in [0.05, 0.1) is 6.54 Å². The summed E-state index contributed by atoms with van der Waals surface area (Å²) in [4.78, 5) is 6.66. The molecular formula is C8H5ClF3N3. The van der Waals surface area contributed by atoms with Gasteiger partial charge in [0, 0.05) is 6.20 Å². The Morgan fingerprint density at radius 2 is 2.20 bits per heavy atom. The van der Waals surface area contributed by atoms with Crippen molar-refractivity contribution >= 4 is 17.4 Å². The molecule has 0 saturated heterocycles. The van der Waals surface area contributed by atoms with E-state index in [9.17, 15) is 13.2 Å². The molecule has 3 nitrogen and oxygen atoms in total. The van der Waals surface area contributed by atoms with Gasteiger partial charge in [-0.3, -0.25) is 0 Å². The van der Waals surface area contributed by atoms with Gasteiger partial charge in [-0.05, 0) is 11.6 Å². The topological polar surface area (TPSA) is 37.8 Å². The molecule has 0 spiro atoms. The molecule has 0 amide bonds. The maximum atomic E-state index is 12.4. The summed E-state index contributed by atoms with van der Waals surface area (Å²) >= 11 is 5.36. The van der Waals surface area contributed by atoms with Gasteiger partial charge in [-0.15, -0.1) is 6.42 Å². The number of rotatable bonds is 2. The van der Waals surface area contributed by atoms with Gasteiger partial charge in [-0.2, -0.15) is 13.2 Å². The Kier molecular flexibility index (Phi) is 3.37. The van der Waals surface area contributed by atoms with Crippen molar-refractivity contribution in [1.82, 2.24) is 9.97 Å². The van der Waals surface area contributed by atoms with E-state index in [-0.39, 0.29) is 11.8 Å². The van der Waals surface area contributed by atoms with E-state index in [4.69, 9.17) is 18.0 Å². The summed E-state index contributed by atoms with van der Waals surface area (Å²) in [5.74, 6) is 1.72. The molecule has 1 rings (SSSR count). The van der Waals surface area contributed by atoms with Crippen LogP contribution in [-0.4, -0.2) is 16.5 Å². The van der Waals surface area contributed by atoms with E-state index in [0.717, 1.165) is 0 Å². The normalized spacial score (nSPS) is 10.9. The van der Waals surface area contributed by atoms with E-state index in [0.29, 0.717) is 6.20 Å². The number of terminal acetylenes is 1. The molecular weight excluding hydrogens is 231 g/mol. The van der Waals surface area contributed by atoms with Gasteiger partial charge in [0.2, 0.25) is 5.28 Å². The smallest absolute Gasteiger partial charge is 0.359 e. The average Bonchev–Trinajstić information content (AvgIpc) is 2.12. The molecule has 0 radical (unpaired) electrons. The molecule has 1 heterocycles. The summed E-state index contributed by atoms with van der Waals surface area (Å²) in [7, 11) is 0. The zero-order chi connectivity index (χ0) is 11.5. The predicted molar refractivity (Wildman–Crippen MR) is 49.4 cm³/mol. The minimum absolute atomic E-state index is 0.0730. The van der Waals surface area contributed by atoms with E-state index in [1.54, 1.807) is 0 Å². The fourth-order valence-corrected chi connectivity index (χ4v) is 0.971. The van der Waals surface area contributed by atoms with Crippen LogP contribution in [0.15, 0.2) is 6.20 Å². The number of nitrogens with zero attached hydrogens (tertiary/aromatic N) is 2. The van der Waals surface area contributed by atoms with Gasteiger partial charge in [0.1, 0.15) is 11.4 Å². The number of hydrogen-bond donors (Lipinski definition) is 1. The van der Waals surface area contributed by atoms with E-state index >= 15 is 0 Å². The lowest BCUT2D eigenvalue weighted by Crippen LogP contribution is -2.13. The maximum Gasteiger partial charge on any atom is 0.421 e. The highest BCUT2D eigenvalue weighted by atomic mass is 35.5. The predicted octanol–water partition coefficient (Wildman–Crippen LogP) is 2.19. The molecule has 0 saturated carbocycles. The molecule has 0 aromatic carbocycles. The quantitative estimate of drug-likeness (QED) is 0.631. The molecule has 0 aliphatic carbocycles. The van der Waals surface area contributed by atoms with Gasteiger partial charge in [-0.25, -0.2) is 9.97 Å². The highest BCUT2D eigenvalue weighted by Gasteiger charge is 2.35. The fourth-order valence-electron chi connectivity index (χ4n) is 0.837. The maximum absolute atomic E-state index is 12.4. The van der Waals surface area contributed by atoms with Crippen molar-refractivity contribution < 1.29 is 13.2 Å². The Hall–Kier alpha value is -1.48. The highest BCUT2D eigenvalue weighted by Crippen LogP contribution is 2.33. The van der Waals surface area contributed by atoms with Crippen LogP contribution in [-0.2, 0) is 6.18 Å². The average molecular weight is 236 g/mol. The van der Waals surface area contributed by atoms with Crippen molar-refractivity contribution in [1.29, 1.82) is 0 Å². The Labute approximate surface area is 88.7 Å². The Morgan fingerprint density at radius 1 is 1.53 bits per heavy atom. The standard InChI is InChI=1S/C8H5ClF3N3/c1-2-3-13-6-5(8(10,11)12)4-14-7(9)15-6/h1,4H,3H2,(H,13,14,15). The van der Waals surface area contributed by atoms with Gasteiger partial charge in [-0.1, -0.05) is 5.92 Å². The van der Waals surface area contributed by atoms with Crippen LogP contribution in [0.3, 0.4) is 0 Å². The summed E-state index contributed by atoms with van der Waals surface area (Å²) in [6, 6.07) is 0. The summed E-state index contributed by atoms with van der Waals surface area (Å²) in [5, 5.41) is 2.04. The van der Waals surface area contributed by atoms with Crippen LogP contribution in [0.25, 0.3) is 0 Å². The number of anilines is 1. The fraction of sp³-hybridized carbons (Fsp3) is 0.250. The summed E-state index contributed by atoms with van der Waals surface area (Å²) < 4.78 is 37.2. The third-order valence-electron chi connectivity index (χ3n) is 1.42. The van der Waals surface area contributed by atoms with E-state index in [2.05, 4.69) is 21.2 Å². The van der Waals surface area contributed by atoms with Crippen molar-refractivity contribution in [2.75, 3.05) is 11.9 Å². The lowest BCUT2D eigenvalue weighted by molar-refractivity contribution is -0.137. The molecule has 1 aromatic heterocycles. The minimum Gasteiger partial charge on any atom is -0.359 e. The second-order valence-corrected chi connectivity index (χ2v) is 2.79. The van der Waals surface area contributed by atoms with Gasteiger partial charge >= 0.3 is 6.18 Å². The number of halogens is 4. The largest absolute Gasteiger partial charge is 0.421 e. The van der Waals surface area contributed by atoms with Crippen molar-refractivity contribution in [3.63, 3.8) is 0 Å². The molecule has 0 unspecified atom stereocenters. The second kappa shape index (κ2) is 4.36. The lowest BCUT2D eigenvalue weighted by atomic mass is 10.3. The number of alkyl halides is 3. The third-order valence-corrected chi connectivity index (χ3v) is 1.60. The van der Waals surface area contributed by atoms with Crippen LogP contribution < -0.4 is 5.32 Å². The molecule has 7 heteroatoms. The first-order chi connectivity index (χ1) is 6.95. The van der Waals surface area contributed by atoms with Gasteiger partial charge in [0.15, 0.2) is 0 Å². The van der Waals surface area contributed by atoms with Crippen LogP contribution in [0, 0.1) is 12.3 Å². The Morgan fingerprint density at radius 3 is 2.73 bits per heavy atom.